The molecule has 2 heterocycles. The normalized spacial score (nSPS) is 18.9. The SMILES string of the molecule is CN(Cc1ccccn1)C(=O)N1CCCCCC1C(=O)O. The lowest BCUT2D eigenvalue weighted by Crippen LogP contribution is -2.49. The number of pyridine rings is 1. The van der Waals surface area contributed by atoms with Gasteiger partial charge >= 0.3 is 12.0 Å². The van der Waals surface area contributed by atoms with Crippen molar-refractivity contribution in [2.24, 2.45) is 0 Å². The van der Waals surface area contributed by atoms with Crippen molar-refractivity contribution in [1.82, 2.24) is 14.8 Å². The largest absolute Gasteiger partial charge is 0.480 e. The van der Waals surface area contributed by atoms with Gasteiger partial charge in [-0.1, -0.05) is 18.9 Å². The van der Waals surface area contributed by atoms with Gasteiger partial charge in [0.25, 0.3) is 0 Å². The van der Waals surface area contributed by atoms with E-state index in [9.17, 15) is 14.7 Å². The van der Waals surface area contributed by atoms with Gasteiger partial charge in [-0.25, -0.2) is 9.59 Å². The molecule has 0 aromatic carbocycles. The van der Waals surface area contributed by atoms with E-state index in [4.69, 9.17) is 0 Å². The van der Waals surface area contributed by atoms with Gasteiger partial charge in [0.05, 0.1) is 12.2 Å². The Kier molecular flexibility index (Phi) is 5.14. The van der Waals surface area contributed by atoms with Gasteiger partial charge in [0.2, 0.25) is 0 Å². The summed E-state index contributed by atoms with van der Waals surface area (Å²) in [5.41, 5.74) is 0.787. The number of carbonyl (C=O) groups excluding carboxylic acids is 1. The van der Waals surface area contributed by atoms with Gasteiger partial charge in [-0.15, -0.1) is 0 Å². The molecule has 1 aromatic heterocycles. The van der Waals surface area contributed by atoms with E-state index in [1.165, 1.54) is 9.80 Å². The quantitative estimate of drug-likeness (QED) is 0.924. The number of aromatic nitrogens is 1. The molecule has 0 radical (unpaired) electrons. The number of amides is 2. The lowest BCUT2D eigenvalue weighted by molar-refractivity contribution is -0.142. The van der Waals surface area contributed by atoms with E-state index in [-0.39, 0.29) is 6.03 Å². The van der Waals surface area contributed by atoms with Crippen molar-refractivity contribution in [1.29, 1.82) is 0 Å². The van der Waals surface area contributed by atoms with Crippen LogP contribution in [0.2, 0.25) is 0 Å². The predicted molar refractivity (Wildman–Crippen MR) is 77.7 cm³/mol. The van der Waals surface area contributed by atoms with Crippen LogP contribution >= 0.6 is 0 Å². The van der Waals surface area contributed by atoms with Crippen LogP contribution < -0.4 is 0 Å². The highest BCUT2D eigenvalue weighted by atomic mass is 16.4. The van der Waals surface area contributed by atoms with Gasteiger partial charge in [-0.05, 0) is 25.0 Å². The Morgan fingerprint density at radius 1 is 1.38 bits per heavy atom. The van der Waals surface area contributed by atoms with E-state index in [1.54, 1.807) is 13.2 Å². The zero-order chi connectivity index (χ0) is 15.2. The van der Waals surface area contributed by atoms with Gasteiger partial charge < -0.3 is 14.9 Å². The summed E-state index contributed by atoms with van der Waals surface area (Å²) in [6, 6.07) is 4.58. The molecule has 0 saturated carbocycles. The second-order valence-corrected chi connectivity index (χ2v) is 5.36. The summed E-state index contributed by atoms with van der Waals surface area (Å²) in [5, 5.41) is 9.33. The van der Waals surface area contributed by atoms with Crippen LogP contribution in [0.3, 0.4) is 0 Å². The zero-order valence-electron chi connectivity index (χ0n) is 12.2. The highest BCUT2D eigenvalue weighted by Gasteiger charge is 2.32. The van der Waals surface area contributed by atoms with Crippen LogP contribution in [-0.2, 0) is 11.3 Å². The van der Waals surface area contributed by atoms with E-state index in [0.717, 1.165) is 25.0 Å². The van der Waals surface area contributed by atoms with Crippen molar-refractivity contribution >= 4 is 12.0 Å². The predicted octanol–water partition coefficient (Wildman–Crippen LogP) is 1.96. The van der Waals surface area contributed by atoms with E-state index in [1.807, 2.05) is 18.2 Å². The Balaban J connectivity index is 2.06. The first kappa shape index (κ1) is 15.3. The molecule has 1 atom stereocenters. The molecular formula is C15H21N3O3. The van der Waals surface area contributed by atoms with Crippen LogP contribution in [0.1, 0.15) is 31.4 Å². The van der Waals surface area contributed by atoms with Crippen LogP contribution in [0.5, 0.6) is 0 Å². The maximum atomic E-state index is 12.5. The molecule has 1 aliphatic rings. The fraction of sp³-hybridized carbons (Fsp3) is 0.533. The fourth-order valence-electron chi connectivity index (χ4n) is 2.62. The molecule has 1 N–H and O–H groups in total. The molecule has 0 spiro atoms. The first-order valence-electron chi connectivity index (χ1n) is 7.24. The Hall–Kier alpha value is -2.11. The third-order valence-corrected chi connectivity index (χ3v) is 3.74. The molecule has 2 rings (SSSR count). The highest BCUT2D eigenvalue weighted by molar-refractivity contribution is 5.82. The first-order valence-corrected chi connectivity index (χ1v) is 7.24. The van der Waals surface area contributed by atoms with E-state index >= 15 is 0 Å². The van der Waals surface area contributed by atoms with E-state index in [0.29, 0.717) is 19.5 Å². The smallest absolute Gasteiger partial charge is 0.326 e. The Morgan fingerprint density at radius 3 is 2.86 bits per heavy atom. The van der Waals surface area contributed by atoms with Crippen molar-refractivity contribution in [2.45, 2.75) is 38.3 Å². The average molecular weight is 291 g/mol. The minimum absolute atomic E-state index is 0.241. The van der Waals surface area contributed by atoms with E-state index < -0.39 is 12.0 Å². The second kappa shape index (κ2) is 7.06. The number of hydrogen-bond donors (Lipinski definition) is 1. The van der Waals surface area contributed by atoms with Gasteiger partial charge in [0.15, 0.2) is 0 Å². The molecule has 1 fully saturated rings. The maximum Gasteiger partial charge on any atom is 0.326 e. The number of carboxylic acid groups (broad SMARTS) is 1. The van der Waals surface area contributed by atoms with Gasteiger partial charge in [0.1, 0.15) is 6.04 Å². The summed E-state index contributed by atoms with van der Waals surface area (Å²) < 4.78 is 0. The molecular weight excluding hydrogens is 270 g/mol. The Labute approximate surface area is 124 Å². The summed E-state index contributed by atoms with van der Waals surface area (Å²) >= 11 is 0. The molecule has 21 heavy (non-hydrogen) atoms. The lowest BCUT2D eigenvalue weighted by atomic mass is 10.1. The third kappa shape index (κ3) is 3.93. The minimum atomic E-state index is -0.920. The number of nitrogens with zero attached hydrogens (tertiary/aromatic N) is 3. The fourth-order valence-corrected chi connectivity index (χ4v) is 2.62. The molecule has 2 amide bonds. The number of hydrogen-bond acceptors (Lipinski definition) is 3. The standard InChI is InChI=1S/C15H21N3O3/c1-17(11-12-7-4-5-9-16-12)15(21)18-10-6-2-3-8-13(18)14(19)20/h4-5,7,9,13H,2-3,6,8,10-11H2,1H3,(H,19,20). The van der Waals surface area contributed by atoms with Crippen molar-refractivity contribution in [3.63, 3.8) is 0 Å². The molecule has 6 heteroatoms. The molecule has 0 bridgehead atoms. The zero-order valence-corrected chi connectivity index (χ0v) is 12.2. The third-order valence-electron chi connectivity index (χ3n) is 3.74. The van der Waals surface area contributed by atoms with Crippen LogP contribution in [0.15, 0.2) is 24.4 Å². The van der Waals surface area contributed by atoms with Crippen LogP contribution in [-0.4, -0.2) is 51.5 Å². The number of rotatable bonds is 3. The van der Waals surface area contributed by atoms with Crippen LogP contribution in [0, 0.1) is 0 Å². The van der Waals surface area contributed by atoms with Crippen LogP contribution in [0.25, 0.3) is 0 Å². The van der Waals surface area contributed by atoms with Crippen LogP contribution in [0.4, 0.5) is 4.79 Å². The molecule has 1 saturated heterocycles. The van der Waals surface area contributed by atoms with Gasteiger partial charge in [0, 0.05) is 19.8 Å². The second-order valence-electron chi connectivity index (χ2n) is 5.36. The number of carbonyl (C=O) groups is 2. The summed E-state index contributed by atoms with van der Waals surface area (Å²) in [4.78, 5) is 31.1. The molecule has 1 aliphatic heterocycles. The van der Waals surface area contributed by atoms with Crippen molar-refractivity contribution in [3.8, 4) is 0 Å². The highest BCUT2D eigenvalue weighted by Crippen LogP contribution is 2.19. The topological polar surface area (TPSA) is 73.7 Å². The summed E-state index contributed by atoms with van der Waals surface area (Å²) in [6.45, 7) is 0.880. The Morgan fingerprint density at radius 2 is 2.19 bits per heavy atom. The van der Waals surface area contributed by atoms with Crippen molar-refractivity contribution in [3.05, 3.63) is 30.1 Å². The molecule has 6 nitrogen and oxygen atoms in total. The summed E-state index contributed by atoms with van der Waals surface area (Å²) in [6.07, 6.45) is 4.88. The lowest BCUT2D eigenvalue weighted by Gasteiger charge is -2.31. The molecule has 114 valence electrons. The number of aliphatic carboxylic acids is 1. The molecule has 1 unspecified atom stereocenters. The Bertz CT molecular complexity index is 492. The van der Waals surface area contributed by atoms with Gasteiger partial charge in [-0.2, -0.15) is 0 Å². The minimum Gasteiger partial charge on any atom is -0.480 e. The first-order chi connectivity index (χ1) is 10.1. The van der Waals surface area contributed by atoms with Crippen molar-refractivity contribution in [2.75, 3.05) is 13.6 Å². The summed E-state index contributed by atoms with van der Waals surface area (Å²) in [7, 11) is 1.68. The van der Waals surface area contributed by atoms with Crippen molar-refractivity contribution < 1.29 is 14.7 Å². The number of urea groups is 1. The monoisotopic (exact) mass is 291 g/mol. The number of likely N-dealkylation sites (tertiary alicyclic amines) is 1. The maximum absolute atomic E-state index is 12.5. The molecule has 1 aromatic rings. The van der Waals surface area contributed by atoms with E-state index in [2.05, 4.69) is 4.98 Å². The average Bonchev–Trinajstić information content (AvgIpc) is 2.73. The number of carboxylic acids is 1. The molecule has 0 aliphatic carbocycles. The summed E-state index contributed by atoms with van der Waals surface area (Å²) in [5.74, 6) is -0.920. The van der Waals surface area contributed by atoms with Gasteiger partial charge in [-0.3, -0.25) is 4.98 Å².